The van der Waals surface area contributed by atoms with Crippen molar-refractivity contribution in [3.05, 3.63) is 0 Å². The molecule has 0 bridgehead atoms. The molecule has 0 atom stereocenters. The minimum Gasteiger partial charge on any atom is -0.371 e. The van der Waals surface area contributed by atoms with Gasteiger partial charge in [-0.05, 0) is 33.7 Å². The predicted octanol–water partition coefficient (Wildman–Crippen LogP) is 2.29. The lowest BCUT2D eigenvalue weighted by atomic mass is 9.78. The van der Waals surface area contributed by atoms with E-state index in [1.54, 1.807) is 0 Å². The van der Waals surface area contributed by atoms with Crippen LogP contribution >= 0.6 is 0 Å². The maximum absolute atomic E-state index is 11.8. The van der Waals surface area contributed by atoms with Crippen LogP contribution in [-0.2, 0) is 9.53 Å². The van der Waals surface area contributed by atoms with E-state index in [0.29, 0.717) is 6.42 Å². The topological polar surface area (TPSA) is 38.3 Å². The molecule has 1 rings (SSSR count). The second kappa shape index (κ2) is 6.36. The van der Waals surface area contributed by atoms with Crippen molar-refractivity contribution in [2.45, 2.75) is 64.0 Å². The zero-order chi connectivity index (χ0) is 12.0. The van der Waals surface area contributed by atoms with Gasteiger partial charge in [-0.15, -0.1) is 0 Å². The number of rotatable bonds is 6. The molecule has 0 amide bonds. The van der Waals surface area contributed by atoms with Crippen molar-refractivity contribution < 1.29 is 9.53 Å². The summed E-state index contributed by atoms with van der Waals surface area (Å²) in [5.41, 5.74) is 0.0513. The molecule has 0 radical (unpaired) electrons. The van der Waals surface area contributed by atoms with Crippen LogP contribution in [0.4, 0.5) is 0 Å². The van der Waals surface area contributed by atoms with Gasteiger partial charge < -0.3 is 10.1 Å². The Labute approximate surface area is 98.9 Å². The number of carbonyl (C=O) groups excluding carboxylic acids is 1. The molecule has 0 aromatic carbocycles. The first-order valence-electron chi connectivity index (χ1n) is 6.40. The van der Waals surface area contributed by atoms with Crippen LogP contribution < -0.4 is 5.32 Å². The van der Waals surface area contributed by atoms with E-state index in [4.69, 9.17) is 4.74 Å². The molecule has 0 spiro atoms. The number of ketones is 1. The Morgan fingerprint density at radius 2 is 1.94 bits per heavy atom. The minimum absolute atomic E-state index is 0.0513. The van der Waals surface area contributed by atoms with Crippen molar-refractivity contribution in [3.8, 4) is 0 Å². The van der Waals surface area contributed by atoms with Crippen molar-refractivity contribution in [2.24, 2.45) is 0 Å². The number of nitrogens with one attached hydrogen (secondary N) is 1. The number of ether oxygens (including phenoxy) is 1. The standard InChI is InChI=1S/C13H25NO2/c1-11(2)16-10-12(15)9-13(14-3)7-5-4-6-8-13/h11,14H,4-10H2,1-3H3. The molecule has 16 heavy (non-hydrogen) atoms. The first-order valence-corrected chi connectivity index (χ1v) is 6.40. The van der Waals surface area contributed by atoms with E-state index < -0.39 is 0 Å². The Hall–Kier alpha value is -0.410. The summed E-state index contributed by atoms with van der Waals surface area (Å²) in [6, 6.07) is 0. The van der Waals surface area contributed by atoms with E-state index in [1.165, 1.54) is 19.3 Å². The Balaban J connectivity index is 2.39. The van der Waals surface area contributed by atoms with Crippen molar-refractivity contribution in [3.63, 3.8) is 0 Å². The van der Waals surface area contributed by atoms with Gasteiger partial charge in [0, 0.05) is 12.0 Å². The van der Waals surface area contributed by atoms with Crippen LogP contribution in [0, 0.1) is 0 Å². The highest BCUT2D eigenvalue weighted by atomic mass is 16.5. The van der Waals surface area contributed by atoms with E-state index in [2.05, 4.69) is 5.32 Å². The molecule has 0 aromatic heterocycles. The van der Waals surface area contributed by atoms with Crippen LogP contribution in [0.5, 0.6) is 0 Å². The summed E-state index contributed by atoms with van der Waals surface area (Å²) < 4.78 is 5.36. The number of Topliss-reactive ketones (excluding diaryl/α,β-unsaturated/α-hetero) is 1. The van der Waals surface area contributed by atoms with Crippen LogP contribution in [0.15, 0.2) is 0 Å². The quantitative estimate of drug-likeness (QED) is 0.756. The molecular formula is C13H25NO2. The average molecular weight is 227 g/mol. The molecular weight excluding hydrogens is 202 g/mol. The van der Waals surface area contributed by atoms with E-state index >= 15 is 0 Å². The van der Waals surface area contributed by atoms with Crippen molar-refractivity contribution in [1.29, 1.82) is 0 Å². The number of hydrogen-bond donors (Lipinski definition) is 1. The van der Waals surface area contributed by atoms with Gasteiger partial charge in [-0.1, -0.05) is 19.3 Å². The van der Waals surface area contributed by atoms with E-state index in [1.807, 2.05) is 20.9 Å². The van der Waals surface area contributed by atoms with Crippen LogP contribution in [-0.4, -0.2) is 31.1 Å². The van der Waals surface area contributed by atoms with Gasteiger partial charge in [-0.3, -0.25) is 4.79 Å². The third-order valence-electron chi connectivity index (χ3n) is 3.45. The van der Waals surface area contributed by atoms with Gasteiger partial charge >= 0.3 is 0 Å². The third kappa shape index (κ3) is 4.22. The fourth-order valence-electron chi connectivity index (χ4n) is 2.43. The molecule has 0 aliphatic heterocycles. The summed E-state index contributed by atoms with van der Waals surface area (Å²) in [7, 11) is 1.97. The summed E-state index contributed by atoms with van der Waals surface area (Å²) >= 11 is 0. The van der Waals surface area contributed by atoms with Crippen LogP contribution in [0.25, 0.3) is 0 Å². The maximum Gasteiger partial charge on any atom is 0.160 e. The highest BCUT2D eigenvalue weighted by Crippen LogP contribution is 2.30. The Morgan fingerprint density at radius 1 is 1.31 bits per heavy atom. The van der Waals surface area contributed by atoms with E-state index in [9.17, 15) is 4.79 Å². The highest BCUT2D eigenvalue weighted by Gasteiger charge is 2.32. The fourth-order valence-corrected chi connectivity index (χ4v) is 2.43. The summed E-state index contributed by atoms with van der Waals surface area (Å²) in [4.78, 5) is 11.8. The lowest BCUT2D eigenvalue weighted by Gasteiger charge is -2.36. The van der Waals surface area contributed by atoms with Gasteiger partial charge in [0.05, 0.1) is 6.10 Å². The van der Waals surface area contributed by atoms with E-state index in [0.717, 1.165) is 12.8 Å². The second-order valence-corrected chi connectivity index (χ2v) is 5.17. The molecule has 1 aliphatic rings. The number of hydrogen-bond acceptors (Lipinski definition) is 3. The maximum atomic E-state index is 11.8. The second-order valence-electron chi connectivity index (χ2n) is 5.17. The monoisotopic (exact) mass is 227 g/mol. The van der Waals surface area contributed by atoms with Crippen molar-refractivity contribution in [2.75, 3.05) is 13.7 Å². The SMILES string of the molecule is CNC1(CC(=O)COC(C)C)CCCCC1. The molecule has 94 valence electrons. The highest BCUT2D eigenvalue weighted by molar-refractivity contribution is 5.80. The van der Waals surface area contributed by atoms with Gasteiger partial charge in [0.25, 0.3) is 0 Å². The summed E-state index contributed by atoms with van der Waals surface area (Å²) in [6.45, 7) is 4.19. The largest absolute Gasteiger partial charge is 0.371 e. The van der Waals surface area contributed by atoms with Crippen molar-refractivity contribution >= 4 is 5.78 Å². The molecule has 0 saturated heterocycles. The van der Waals surface area contributed by atoms with Gasteiger partial charge in [-0.25, -0.2) is 0 Å². The Kier molecular flexibility index (Phi) is 5.42. The lowest BCUT2D eigenvalue weighted by molar-refractivity contribution is -0.126. The summed E-state index contributed by atoms with van der Waals surface area (Å²) in [5, 5.41) is 3.36. The van der Waals surface area contributed by atoms with Crippen LogP contribution in [0.3, 0.4) is 0 Å². The zero-order valence-corrected chi connectivity index (χ0v) is 10.8. The third-order valence-corrected chi connectivity index (χ3v) is 3.45. The molecule has 1 fully saturated rings. The molecule has 1 saturated carbocycles. The molecule has 0 unspecified atom stereocenters. The van der Waals surface area contributed by atoms with Crippen LogP contribution in [0.1, 0.15) is 52.4 Å². The normalized spacial score (nSPS) is 20.0. The summed E-state index contributed by atoms with van der Waals surface area (Å²) in [5.74, 6) is 0.227. The smallest absolute Gasteiger partial charge is 0.160 e. The van der Waals surface area contributed by atoms with Crippen molar-refractivity contribution in [1.82, 2.24) is 5.32 Å². The first kappa shape index (κ1) is 13.7. The molecule has 3 nitrogen and oxygen atoms in total. The molecule has 1 aliphatic carbocycles. The Bertz CT molecular complexity index is 220. The minimum atomic E-state index is 0.0513. The van der Waals surface area contributed by atoms with E-state index in [-0.39, 0.29) is 24.0 Å². The van der Waals surface area contributed by atoms with Gasteiger partial charge in [0.15, 0.2) is 5.78 Å². The molecule has 0 heterocycles. The number of carbonyl (C=O) groups is 1. The van der Waals surface area contributed by atoms with Crippen LogP contribution in [0.2, 0.25) is 0 Å². The van der Waals surface area contributed by atoms with Gasteiger partial charge in [-0.2, -0.15) is 0 Å². The average Bonchev–Trinajstić information content (AvgIpc) is 2.28. The fraction of sp³-hybridized carbons (Fsp3) is 0.923. The predicted molar refractivity (Wildman–Crippen MR) is 65.6 cm³/mol. The first-order chi connectivity index (χ1) is 7.58. The molecule has 0 aromatic rings. The summed E-state index contributed by atoms with van der Waals surface area (Å²) in [6.07, 6.45) is 6.78. The molecule has 1 N–H and O–H groups in total. The van der Waals surface area contributed by atoms with Gasteiger partial charge in [0.2, 0.25) is 0 Å². The Morgan fingerprint density at radius 3 is 2.44 bits per heavy atom. The zero-order valence-electron chi connectivity index (χ0n) is 10.8. The lowest BCUT2D eigenvalue weighted by Crippen LogP contribution is -2.46. The van der Waals surface area contributed by atoms with Gasteiger partial charge in [0.1, 0.15) is 6.61 Å². The molecule has 3 heteroatoms.